The second-order valence-electron chi connectivity index (χ2n) is 6.78. The molecule has 1 aromatic carbocycles. The number of benzene rings is 1. The summed E-state index contributed by atoms with van der Waals surface area (Å²) in [6, 6.07) is 7.76. The molecule has 0 atom stereocenters. The second-order valence-corrected chi connectivity index (χ2v) is 6.78. The van der Waals surface area contributed by atoms with Crippen LogP contribution in [0.1, 0.15) is 22.5 Å². The van der Waals surface area contributed by atoms with E-state index in [4.69, 9.17) is 4.74 Å². The number of nitrogens with zero attached hydrogens (tertiary/aromatic N) is 4. The molecule has 0 unspecified atom stereocenters. The Balaban J connectivity index is 0.00000420. The monoisotopic (exact) mass is 514 g/mol. The van der Waals surface area contributed by atoms with Crippen molar-refractivity contribution in [3.63, 3.8) is 0 Å². The molecule has 9 heteroatoms. The molecular weight excluding hydrogens is 483 g/mol. The highest BCUT2D eigenvalue weighted by molar-refractivity contribution is 14.0. The molecular formula is C20H31IN6O2. The van der Waals surface area contributed by atoms with Crippen molar-refractivity contribution in [3.05, 3.63) is 46.8 Å². The maximum Gasteiger partial charge on any atom is 0.241 e. The molecule has 1 heterocycles. The van der Waals surface area contributed by atoms with E-state index in [0.29, 0.717) is 19.0 Å². The van der Waals surface area contributed by atoms with Crippen LogP contribution in [0.3, 0.4) is 0 Å². The van der Waals surface area contributed by atoms with Crippen molar-refractivity contribution in [3.8, 4) is 5.75 Å². The number of amides is 1. The summed E-state index contributed by atoms with van der Waals surface area (Å²) in [6.07, 6.45) is 0. The smallest absolute Gasteiger partial charge is 0.241 e. The number of carbonyl (C=O) groups is 1. The number of guanidine groups is 1. The molecule has 8 nitrogen and oxygen atoms in total. The molecule has 0 bridgehead atoms. The van der Waals surface area contributed by atoms with Gasteiger partial charge < -0.3 is 20.3 Å². The summed E-state index contributed by atoms with van der Waals surface area (Å²) in [5.41, 5.74) is 4.25. The summed E-state index contributed by atoms with van der Waals surface area (Å²) in [5.74, 6) is 1.37. The van der Waals surface area contributed by atoms with Crippen LogP contribution in [0.4, 0.5) is 0 Å². The quantitative estimate of drug-likeness (QED) is 0.336. The largest absolute Gasteiger partial charge is 0.497 e. The fraction of sp³-hybridized carbons (Fsp3) is 0.450. The molecule has 2 N–H and O–H groups in total. The summed E-state index contributed by atoms with van der Waals surface area (Å²) >= 11 is 0. The van der Waals surface area contributed by atoms with Crippen molar-refractivity contribution >= 4 is 35.8 Å². The number of methoxy groups -OCH3 is 1. The summed E-state index contributed by atoms with van der Waals surface area (Å²) < 4.78 is 7.05. The second kappa shape index (κ2) is 11.6. The van der Waals surface area contributed by atoms with Crippen LogP contribution in [0, 0.1) is 13.8 Å². The first-order chi connectivity index (χ1) is 13.3. The topological polar surface area (TPSA) is 83.8 Å². The molecule has 0 spiro atoms. The minimum atomic E-state index is -0.0207. The van der Waals surface area contributed by atoms with Gasteiger partial charge in [0, 0.05) is 38.9 Å². The van der Waals surface area contributed by atoms with Gasteiger partial charge in [0.15, 0.2) is 5.96 Å². The lowest BCUT2D eigenvalue weighted by Crippen LogP contribution is -2.42. The lowest BCUT2D eigenvalue weighted by atomic mass is 10.2. The van der Waals surface area contributed by atoms with E-state index in [2.05, 4.69) is 20.7 Å². The van der Waals surface area contributed by atoms with Crippen molar-refractivity contribution in [2.75, 3.05) is 27.7 Å². The molecule has 0 aliphatic rings. The lowest BCUT2D eigenvalue weighted by Gasteiger charge is -2.15. The van der Waals surface area contributed by atoms with E-state index in [1.54, 1.807) is 26.1 Å². The third kappa shape index (κ3) is 7.22. The molecule has 1 aromatic heterocycles. The number of hydrogen-bond acceptors (Lipinski definition) is 4. The van der Waals surface area contributed by atoms with Crippen molar-refractivity contribution in [2.24, 2.45) is 12.0 Å². The van der Waals surface area contributed by atoms with Gasteiger partial charge >= 0.3 is 0 Å². The van der Waals surface area contributed by atoms with E-state index in [1.807, 2.05) is 49.8 Å². The standard InChI is InChI=1S/C20H30N6O2.HI/c1-14-18(15(2)26(5)24-14)12-22-20(23-13-19(27)25(3)4)21-11-16-7-9-17(28-6)10-8-16;/h7-10H,11-13H2,1-6H3,(H2,21,22,23);1H. The normalized spacial score (nSPS) is 10.9. The number of likely N-dealkylation sites (N-methyl/N-ethyl adjacent to an activating group) is 1. The van der Waals surface area contributed by atoms with Gasteiger partial charge in [-0.05, 0) is 31.5 Å². The zero-order chi connectivity index (χ0) is 20.7. The van der Waals surface area contributed by atoms with E-state index < -0.39 is 0 Å². The number of ether oxygens (including phenoxy) is 1. The Morgan fingerprint density at radius 3 is 2.38 bits per heavy atom. The van der Waals surface area contributed by atoms with E-state index >= 15 is 0 Å². The number of carbonyl (C=O) groups excluding carboxylic acids is 1. The number of aromatic nitrogens is 2. The third-order valence-corrected chi connectivity index (χ3v) is 4.58. The van der Waals surface area contributed by atoms with Gasteiger partial charge in [0.2, 0.25) is 5.91 Å². The van der Waals surface area contributed by atoms with Gasteiger partial charge in [-0.2, -0.15) is 5.10 Å². The Hall–Kier alpha value is -2.30. The van der Waals surface area contributed by atoms with Gasteiger partial charge in [0.05, 0.1) is 25.9 Å². The number of aliphatic imine (C=N–C) groups is 1. The first kappa shape index (κ1) is 24.7. The SMILES string of the molecule is COc1ccc(CN=C(NCC(=O)N(C)C)NCc2c(C)nn(C)c2C)cc1.I. The van der Waals surface area contributed by atoms with Gasteiger partial charge in [-0.25, -0.2) is 4.99 Å². The summed E-state index contributed by atoms with van der Waals surface area (Å²) in [4.78, 5) is 18.1. The minimum Gasteiger partial charge on any atom is -0.497 e. The van der Waals surface area contributed by atoms with Crippen LogP contribution in [0.5, 0.6) is 5.75 Å². The number of nitrogens with one attached hydrogen (secondary N) is 2. The molecule has 0 saturated carbocycles. The molecule has 0 fully saturated rings. The Bertz CT molecular complexity index is 830. The number of aryl methyl sites for hydroxylation is 2. The van der Waals surface area contributed by atoms with Gasteiger partial charge in [0.1, 0.15) is 5.75 Å². The molecule has 160 valence electrons. The van der Waals surface area contributed by atoms with E-state index in [0.717, 1.165) is 28.3 Å². The lowest BCUT2D eigenvalue weighted by molar-refractivity contribution is -0.127. The molecule has 0 aliphatic heterocycles. The Morgan fingerprint density at radius 2 is 1.86 bits per heavy atom. The maximum atomic E-state index is 11.9. The fourth-order valence-corrected chi connectivity index (χ4v) is 2.64. The fourth-order valence-electron chi connectivity index (χ4n) is 2.64. The summed E-state index contributed by atoms with van der Waals surface area (Å²) in [7, 11) is 7.03. The highest BCUT2D eigenvalue weighted by Gasteiger charge is 2.11. The number of halogens is 1. The highest BCUT2D eigenvalue weighted by Crippen LogP contribution is 2.13. The van der Waals surface area contributed by atoms with Crippen LogP contribution in [0.2, 0.25) is 0 Å². The molecule has 0 radical (unpaired) electrons. The molecule has 29 heavy (non-hydrogen) atoms. The average molecular weight is 514 g/mol. The zero-order valence-corrected chi connectivity index (χ0v) is 20.3. The van der Waals surface area contributed by atoms with E-state index in [9.17, 15) is 4.79 Å². The zero-order valence-electron chi connectivity index (χ0n) is 17.9. The van der Waals surface area contributed by atoms with Crippen LogP contribution in [-0.2, 0) is 24.9 Å². The van der Waals surface area contributed by atoms with Crippen molar-refractivity contribution in [2.45, 2.75) is 26.9 Å². The minimum absolute atomic E-state index is 0. The van der Waals surface area contributed by atoms with Gasteiger partial charge in [-0.3, -0.25) is 9.48 Å². The molecule has 2 rings (SSSR count). The molecule has 0 aliphatic carbocycles. The van der Waals surface area contributed by atoms with Gasteiger partial charge in [-0.15, -0.1) is 24.0 Å². The first-order valence-corrected chi connectivity index (χ1v) is 9.16. The van der Waals surface area contributed by atoms with Gasteiger partial charge in [-0.1, -0.05) is 12.1 Å². The number of hydrogen-bond donors (Lipinski definition) is 2. The van der Waals surface area contributed by atoms with Crippen molar-refractivity contribution < 1.29 is 9.53 Å². The number of rotatable bonds is 7. The predicted octanol–water partition coefficient (Wildman–Crippen LogP) is 1.99. The predicted molar refractivity (Wildman–Crippen MR) is 126 cm³/mol. The molecule has 0 saturated heterocycles. The Labute approximate surface area is 189 Å². The van der Waals surface area contributed by atoms with E-state index in [1.165, 1.54) is 0 Å². The van der Waals surface area contributed by atoms with Crippen LogP contribution < -0.4 is 15.4 Å². The maximum absolute atomic E-state index is 11.9. The van der Waals surface area contributed by atoms with Crippen LogP contribution in [0.15, 0.2) is 29.3 Å². The Morgan fingerprint density at radius 1 is 1.21 bits per heavy atom. The first-order valence-electron chi connectivity index (χ1n) is 9.16. The highest BCUT2D eigenvalue weighted by atomic mass is 127. The third-order valence-electron chi connectivity index (χ3n) is 4.58. The summed E-state index contributed by atoms with van der Waals surface area (Å²) in [5, 5.41) is 10.9. The van der Waals surface area contributed by atoms with Crippen LogP contribution in [-0.4, -0.2) is 54.3 Å². The van der Waals surface area contributed by atoms with Crippen molar-refractivity contribution in [1.29, 1.82) is 0 Å². The summed E-state index contributed by atoms with van der Waals surface area (Å²) in [6.45, 7) is 5.26. The van der Waals surface area contributed by atoms with E-state index in [-0.39, 0.29) is 36.4 Å². The van der Waals surface area contributed by atoms with Crippen LogP contribution >= 0.6 is 24.0 Å². The average Bonchev–Trinajstić information content (AvgIpc) is 2.92. The van der Waals surface area contributed by atoms with Crippen LogP contribution in [0.25, 0.3) is 0 Å². The van der Waals surface area contributed by atoms with Crippen molar-refractivity contribution in [1.82, 2.24) is 25.3 Å². The Kier molecular flexibility index (Phi) is 9.93. The van der Waals surface area contributed by atoms with Gasteiger partial charge in [0.25, 0.3) is 0 Å². The molecule has 1 amide bonds. The molecule has 2 aromatic rings.